The van der Waals surface area contributed by atoms with Crippen LogP contribution in [0.5, 0.6) is 0 Å². The van der Waals surface area contributed by atoms with Gasteiger partial charge in [-0.3, -0.25) is 0 Å². The SMILES string of the molecule is Clc1ccc(-c2nnc3ncccc3n2)cc1. The fraction of sp³-hybridized carbons (Fsp3) is 0. The van der Waals surface area contributed by atoms with Gasteiger partial charge < -0.3 is 0 Å². The minimum absolute atomic E-state index is 0.546. The van der Waals surface area contributed by atoms with Gasteiger partial charge in [-0.05, 0) is 36.4 Å². The van der Waals surface area contributed by atoms with E-state index in [2.05, 4.69) is 20.2 Å². The third kappa shape index (κ3) is 1.94. The molecular formula is C12H7ClN4. The summed E-state index contributed by atoms with van der Waals surface area (Å²) in [4.78, 5) is 8.47. The van der Waals surface area contributed by atoms with E-state index in [1.165, 1.54) is 0 Å². The summed E-state index contributed by atoms with van der Waals surface area (Å²) in [5, 5.41) is 8.75. The fourth-order valence-corrected chi connectivity index (χ4v) is 1.63. The van der Waals surface area contributed by atoms with Crippen LogP contribution >= 0.6 is 11.6 Å². The van der Waals surface area contributed by atoms with E-state index < -0.39 is 0 Å². The Labute approximate surface area is 102 Å². The molecule has 0 aliphatic heterocycles. The molecule has 3 aromatic rings. The number of hydrogen-bond donors (Lipinski definition) is 0. The van der Waals surface area contributed by atoms with Gasteiger partial charge in [0.15, 0.2) is 11.5 Å². The average Bonchev–Trinajstić information content (AvgIpc) is 2.39. The van der Waals surface area contributed by atoms with Crippen molar-refractivity contribution in [3.63, 3.8) is 0 Å². The zero-order valence-electron chi connectivity index (χ0n) is 8.71. The number of benzene rings is 1. The highest BCUT2D eigenvalue weighted by atomic mass is 35.5. The Morgan fingerprint density at radius 3 is 2.59 bits per heavy atom. The lowest BCUT2D eigenvalue weighted by Gasteiger charge is -2.00. The van der Waals surface area contributed by atoms with Crippen molar-refractivity contribution < 1.29 is 0 Å². The van der Waals surface area contributed by atoms with Gasteiger partial charge in [-0.2, -0.15) is 0 Å². The molecule has 4 nitrogen and oxygen atoms in total. The maximum atomic E-state index is 5.83. The summed E-state index contributed by atoms with van der Waals surface area (Å²) >= 11 is 5.83. The first-order valence-corrected chi connectivity index (χ1v) is 5.42. The van der Waals surface area contributed by atoms with Crippen LogP contribution in [0, 0.1) is 0 Å². The molecule has 1 aromatic carbocycles. The number of hydrogen-bond acceptors (Lipinski definition) is 4. The summed E-state index contributed by atoms with van der Waals surface area (Å²) in [5.74, 6) is 0.571. The van der Waals surface area contributed by atoms with Gasteiger partial charge in [0.2, 0.25) is 0 Å². The van der Waals surface area contributed by atoms with E-state index in [1.54, 1.807) is 18.3 Å². The number of rotatable bonds is 1. The molecule has 3 rings (SSSR count). The quantitative estimate of drug-likeness (QED) is 0.658. The summed E-state index contributed by atoms with van der Waals surface area (Å²) in [6.07, 6.45) is 1.67. The Bertz CT molecular complexity index is 667. The zero-order valence-corrected chi connectivity index (χ0v) is 9.46. The maximum Gasteiger partial charge on any atom is 0.200 e. The predicted molar refractivity (Wildman–Crippen MR) is 65.6 cm³/mol. The molecular weight excluding hydrogens is 236 g/mol. The Kier molecular flexibility index (Phi) is 2.42. The van der Waals surface area contributed by atoms with Gasteiger partial charge in [-0.1, -0.05) is 11.6 Å². The standard InChI is InChI=1S/C12H7ClN4/c13-9-5-3-8(4-6-9)11-15-10-2-1-7-14-12(10)17-16-11/h1-7H. The third-order valence-electron chi connectivity index (χ3n) is 2.33. The number of fused-ring (bicyclic) bond motifs is 1. The van der Waals surface area contributed by atoms with Gasteiger partial charge >= 0.3 is 0 Å². The summed E-state index contributed by atoms with van der Waals surface area (Å²) in [7, 11) is 0. The normalized spacial score (nSPS) is 10.6. The Morgan fingerprint density at radius 1 is 0.941 bits per heavy atom. The first kappa shape index (κ1) is 10.1. The van der Waals surface area contributed by atoms with E-state index in [0.717, 1.165) is 11.1 Å². The monoisotopic (exact) mass is 242 g/mol. The molecule has 17 heavy (non-hydrogen) atoms. The van der Waals surface area contributed by atoms with E-state index in [9.17, 15) is 0 Å². The molecule has 82 valence electrons. The van der Waals surface area contributed by atoms with Crippen LogP contribution in [0.15, 0.2) is 42.6 Å². The number of aromatic nitrogens is 4. The van der Waals surface area contributed by atoms with Gasteiger partial charge in [-0.25, -0.2) is 9.97 Å². The average molecular weight is 243 g/mol. The van der Waals surface area contributed by atoms with Crippen LogP contribution in [0.3, 0.4) is 0 Å². The van der Waals surface area contributed by atoms with Gasteiger partial charge in [-0.15, -0.1) is 10.2 Å². The molecule has 0 atom stereocenters. The van der Waals surface area contributed by atoms with E-state index in [0.29, 0.717) is 16.5 Å². The van der Waals surface area contributed by atoms with Crippen molar-refractivity contribution in [2.75, 3.05) is 0 Å². The van der Waals surface area contributed by atoms with E-state index in [1.807, 2.05) is 24.3 Å². The molecule has 0 unspecified atom stereocenters. The highest BCUT2D eigenvalue weighted by molar-refractivity contribution is 6.30. The van der Waals surface area contributed by atoms with Crippen molar-refractivity contribution in [2.24, 2.45) is 0 Å². The number of halogens is 1. The third-order valence-corrected chi connectivity index (χ3v) is 2.59. The number of pyridine rings is 1. The molecule has 0 aliphatic carbocycles. The second kappa shape index (κ2) is 4.07. The first-order chi connectivity index (χ1) is 8.33. The summed E-state index contributed by atoms with van der Waals surface area (Å²) in [6, 6.07) is 11.0. The Morgan fingerprint density at radius 2 is 1.76 bits per heavy atom. The maximum absolute atomic E-state index is 5.83. The highest BCUT2D eigenvalue weighted by Crippen LogP contribution is 2.18. The van der Waals surface area contributed by atoms with Crippen LogP contribution in [0.4, 0.5) is 0 Å². The lowest BCUT2D eigenvalue weighted by molar-refractivity contribution is 1.01. The lowest BCUT2D eigenvalue weighted by Crippen LogP contribution is -1.95. The summed E-state index contributed by atoms with van der Waals surface area (Å²) in [6.45, 7) is 0. The molecule has 2 aromatic heterocycles. The molecule has 0 N–H and O–H groups in total. The van der Waals surface area contributed by atoms with Gasteiger partial charge in [0, 0.05) is 16.8 Å². The van der Waals surface area contributed by atoms with Crippen LogP contribution < -0.4 is 0 Å². The fourth-order valence-electron chi connectivity index (χ4n) is 1.51. The smallest absolute Gasteiger partial charge is 0.200 e. The first-order valence-electron chi connectivity index (χ1n) is 5.04. The second-order valence-corrected chi connectivity index (χ2v) is 3.92. The van der Waals surface area contributed by atoms with Crippen molar-refractivity contribution >= 4 is 22.8 Å². The molecule has 0 fully saturated rings. The largest absolute Gasteiger partial charge is 0.234 e. The molecule has 0 radical (unpaired) electrons. The Balaban J connectivity index is 2.14. The van der Waals surface area contributed by atoms with Crippen molar-refractivity contribution in [1.82, 2.24) is 20.2 Å². The molecule has 0 aliphatic rings. The zero-order chi connectivity index (χ0) is 11.7. The minimum atomic E-state index is 0.546. The molecule has 0 amide bonds. The topological polar surface area (TPSA) is 51.6 Å². The molecule has 2 heterocycles. The van der Waals surface area contributed by atoms with Gasteiger partial charge in [0.05, 0.1) is 0 Å². The molecule has 5 heteroatoms. The van der Waals surface area contributed by atoms with Crippen LogP contribution in [-0.2, 0) is 0 Å². The van der Waals surface area contributed by atoms with Crippen LogP contribution in [0.1, 0.15) is 0 Å². The lowest BCUT2D eigenvalue weighted by atomic mass is 10.2. The van der Waals surface area contributed by atoms with Gasteiger partial charge in [0.1, 0.15) is 5.52 Å². The van der Waals surface area contributed by atoms with Crippen molar-refractivity contribution in [3.05, 3.63) is 47.6 Å². The summed E-state index contributed by atoms with van der Waals surface area (Å²) < 4.78 is 0. The second-order valence-electron chi connectivity index (χ2n) is 3.49. The van der Waals surface area contributed by atoms with Crippen molar-refractivity contribution in [2.45, 2.75) is 0 Å². The van der Waals surface area contributed by atoms with Gasteiger partial charge in [0.25, 0.3) is 0 Å². The minimum Gasteiger partial charge on any atom is -0.234 e. The van der Waals surface area contributed by atoms with Crippen LogP contribution in [0.25, 0.3) is 22.6 Å². The molecule has 0 spiro atoms. The molecule has 0 saturated heterocycles. The summed E-state index contributed by atoms with van der Waals surface area (Å²) in [5.41, 5.74) is 2.16. The predicted octanol–water partition coefficient (Wildman–Crippen LogP) is 2.74. The Hall–Kier alpha value is -2.07. The van der Waals surface area contributed by atoms with E-state index in [4.69, 9.17) is 11.6 Å². The highest BCUT2D eigenvalue weighted by Gasteiger charge is 2.04. The molecule has 0 bridgehead atoms. The van der Waals surface area contributed by atoms with Crippen molar-refractivity contribution in [3.8, 4) is 11.4 Å². The molecule has 0 saturated carbocycles. The van der Waals surface area contributed by atoms with Crippen LogP contribution in [0.2, 0.25) is 5.02 Å². The number of nitrogens with zero attached hydrogens (tertiary/aromatic N) is 4. The van der Waals surface area contributed by atoms with Crippen molar-refractivity contribution in [1.29, 1.82) is 0 Å². The van der Waals surface area contributed by atoms with E-state index >= 15 is 0 Å². The van der Waals surface area contributed by atoms with E-state index in [-0.39, 0.29) is 0 Å². The van der Waals surface area contributed by atoms with Crippen LogP contribution in [-0.4, -0.2) is 20.2 Å².